The average Bonchev–Trinajstić information content (AvgIpc) is 2.99. The minimum Gasteiger partial charge on any atom is -0.481 e. The van der Waals surface area contributed by atoms with E-state index < -0.39 is 5.97 Å². The Bertz CT molecular complexity index is 638. The Morgan fingerprint density at radius 2 is 2.09 bits per heavy atom. The zero-order valence-corrected chi connectivity index (χ0v) is 12.7. The maximum absolute atomic E-state index is 11.2. The van der Waals surface area contributed by atoms with Crippen LogP contribution in [0.25, 0.3) is 5.69 Å². The molecule has 5 heteroatoms. The second-order valence-corrected chi connectivity index (χ2v) is 6.02. The van der Waals surface area contributed by atoms with E-state index >= 15 is 0 Å². The summed E-state index contributed by atoms with van der Waals surface area (Å²) in [5.41, 5.74) is 2.14. The van der Waals surface area contributed by atoms with Crippen LogP contribution in [0.2, 0.25) is 0 Å². The number of carboxylic acids is 1. The average molecular weight is 299 g/mol. The predicted octanol–water partition coefficient (Wildman–Crippen LogP) is 2.56. The molecule has 1 N–H and O–H groups in total. The number of aromatic nitrogens is 2. The topological polar surface area (TPSA) is 58.4 Å². The Morgan fingerprint density at radius 1 is 1.32 bits per heavy atom. The molecule has 0 aliphatic carbocycles. The van der Waals surface area contributed by atoms with E-state index in [1.54, 1.807) is 0 Å². The summed E-state index contributed by atoms with van der Waals surface area (Å²) < 4.78 is 1.86. The van der Waals surface area contributed by atoms with Gasteiger partial charge in [-0.1, -0.05) is 18.2 Å². The van der Waals surface area contributed by atoms with Crippen LogP contribution in [-0.2, 0) is 11.3 Å². The van der Waals surface area contributed by atoms with Gasteiger partial charge in [-0.3, -0.25) is 9.69 Å². The van der Waals surface area contributed by atoms with Crippen LogP contribution in [0.15, 0.2) is 42.7 Å². The molecule has 2 aromatic rings. The molecule has 0 spiro atoms. The van der Waals surface area contributed by atoms with E-state index in [1.165, 1.54) is 0 Å². The number of nitrogens with zero attached hydrogens (tertiary/aromatic N) is 3. The minimum absolute atomic E-state index is 0.250. The van der Waals surface area contributed by atoms with E-state index in [1.807, 2.05) is 47.4 Å². The maximum Gasteiger partial charge on any atom is 0.307 e. The monoisotopic (exact) mass is 299 g/mol. The molecular formula is C17H21N3O2. The minimum atomic E-state index is -0.683. The molecule has 3 rings (SSSR count). The number of carboxylic acid groups (broad SMARTS) is 1. The summed E-state index contributed by atoms with van der Waals surface area (Å²) in [4.78, 5) is 13.4. The molecule has 1 aromatic heterocycles. The highest BCUT2D eigenvalue weighted by Crippen LogP contribution is 2.24. The first kappa shape index (κ1) is 14.8. The van der Waals surface area contributed by atoms with Crippen molar-refractivity contribution in [1.29, 1.82) is 0 Å². The second-order valence-electron chi connectivity index (χ2n) is 6.02. The van der Waals surface area contributed by atoms with Crippen molar-refractivity contribution in [3.05, 3.63) is 48.3 Å². The standard InChI is InChI=1S/C17H21N3O2/c1-13-7-8-15(17(21)22)12-19(13)10-14-9-18-20(11-14)16-5-3-2-4-6-16/h2-6,9,11,13,15H,7-8,10,12H2,1H3,(H,21,22). The van der Waals surface area contributed by atoms with Gasteiger partial charge in [0, 0.05) is 30.9 Å². The van der Waals surface area contributed by atoms with Gasteiger partial charge in [0.05, 0.1) is 17.8 Å². The van der Waals surface area contributed by atoms with Crippen molar-refractivity contribution in [2.75, 3.05) is 6.54 Å². The van der Waals surface area contributed by atoms with E-state index in [9.17, 15) is 9.90 Å². The summed E-state index contributed by atoms with van der Waals surface area (Å²) in [6.45, 7) is 3.53. The molecule has 0 amide bonds. The molecule has 2 unspecified atom stereocenters. The Kier molecular flexibility index (Phi) is 4.24. The van der Waals surface area contributed by atoms with Crippen molar-refractivity contribution < 1.29 is 9.90 Å². The van der Waals surface area contributed by atoms with Gasteiger partial charge in [-0.05, 0) is 31.9 Å². The van der Waals surface area contributed by atoms with E-state index in [0.29, 0.717) is 12.6 Å². The van der Waals surface area contributed by atoms with Gasteiger partial charge in [0.25, 0.3) is 0 Å². The highest BCUT2D eigenvalue weighted by Gasteiger charge is 2.29. The molecule has 1 saturated heterocycles. The number of hydrogen-bond donors (Lipinski definition) is 1. The predicted molar refractivity (Wildman–Crippen MR) is 83.8 cm³/mol. The number of piperidine rings is 1. The third kappa shape index (κ3) is 3.20. The first-order valence-corrected chi connectivity index (χ1v) is 7.69. The molecule has 5 nitrogen and oxygen atoms in total. The summed E-state index contributed by atoms with van der Waals surface area (Å²) in [6, 6.07) is 10.4. The molecule has 22 heavy (non-hydrogen) atoms. The number of benzene rings is 1. The van der Waals surface area contributed by atoms with Crippen molar-refractivity contribution in [2.24, 2.45) is 5.92 Å². The fraction of sp³-hybridized carbons (Fsp3) is 0.412. The van der Waals surface area contributed by atoms with Crippen LogP contribution in [0.5, 0.6) is 0 Å². The first-order valence-electron chi connectivity index (χ1n) is 7.69. The van der Waals surface area contributed by atoms with Gasteiger partial charge in [0.1, 0.15) is 0 Å². The third-order valence-corrected chi connectivity index (χ3v) is 4.40. The lowest BCUT2D eigenvalue weighted by Gasteiger charge is -2.36. The van der Waals surface area contributed by atoms with Crippen molar-refractivity contribution in [3.63, 3.8) is 0 Å². The number of para-hydroxylation sites is 1. The van der Waals surface area contributed by atoms with Crippen molar-refractivity contribution in [3.8, 4) is 5.69 Å². The highest BCUT2D eigenvalue weighted by atomic mass is 16.4. The van der Waals surface area contributed by atoms with E-state index in [2.05, 4.69) is 16.9 Å². The Labute approximate surface area is 130 Å². The number of rotatable bonds is 4. The van der Waals surface area contributed by atoms with Gasteiger partial charge in [-0.15, -0.1) is 0 Å². The summed E-state index contributed by atoms with van der Waals surface area (Å²) >= 11 is 0. The molecule has 2 heterocycles. The summed E-state index contributed by atoms with van der Waals surface area (Å²) in [5.74, 6) is -0.933. The quantitative estimate of drug-likeness (QED) is 0.942. The van der Waals surface area contributed by atoms with Crippen molar-refractivity contribution >= 4 is 5.97 Å². The smallest absolute Gasteiger partial charge is 0.307 e. The van der Waals surface area contributed by atoms with Crippen LogP contribution >= 0.6 is 0 Å². The van der Waals surface area contributed by atoms with Crippen LogP contribution in [-0.4, -0.2) is 38.3 Å². The SMILES string of the molecule is CC1CCC(C(=O)O)CN1Cc1cnn(-c2ccccc2)c1. The van der Waals surface area contributed by atoms with Crippen LogP contribution in [0.1, 0.15) is 25.3 Å². The van der Waals surface area contributed by atoms with Crippen LogP contribution in [0, 0.1) is 5.92 Å². The molecule has 1 fully saturated rings. The Balaban J connectivity index is 1.70. The molecule has 1 aromatic carbocycles. The van der Waals surface area contributed by atoms with Crippen molar-refractivity contribution in [2.45, 2.75) is 32.4 Å². The van der Waals surface area contributed by atoms with Crippen LogP contribution in [0.4, 0.5) is 0 Å². The number of hydrogen-bond acceptors (Lipinski definition) is 3. The molecule has 1 aliphatic rings. The van der Waals surface area contributed by atoms with Gasteiger partial charge in [-0.25, -0.2) is 4.68 Å². The van der Waals surface area contributed by atoms with Crippen molar-refractivity contribution in [1.82, 2.24) is 14.7 Å². The zero-order chi connectivity index (χ0) is 15.5. The molecule has 0 radical (unpaired) electrons. The lowest BCUT2D eigenvalue weighted by molar-refractivity contribution is -0.144. The summed E-state index contributed by atoms with van der Waals surface area (Å²) in [6.07, 6.45) is 5.59. The van der Waals surface area contributed by atoms with E-state index in [-0.39, 0.29) is 5.92 Å². The second kappa shape index (κ2) is 6.32. The highest BCUT2D eigenvalue weighted by molar-refractivity contribution is 5.70. The number of likely N-dealkylation sites (tertiary alicyclic amines) is 1. The number of aliphatic carboxylic acids is 1. The van der Waals surface area contributed by atoms with Gasteiger partial charge in [-0.2, -0.15) is 5.10 Å². The van der Waals surface area contributed by atoms with Gasteiger partial charge in [0.15, 0.2) is 0 Å². The first-order chi connectivity index (χ1) is 10.6. The fourth-order valence-electron chi connectivity index (χ4n) is 3.00. The lowest BCUT2D eigenvalue weighted by atomic mass is 9.93. The molecular weight excluding hydrogens is 278 g/mol. The largest absolute Gasteiger partial charge is 0.481 e. The van der Waals surface area contributed by atoms with E-state index in [4.69, 9.17) is 0 Å². The molecule has 0 bridgehead atoms. The summed E-state index contributed by atoms with van der Waals surface area (Å²) in [7, 11) is 0. The fourth-order valence-corrected chi connectivity index (χ4v) is 3.00. The lowest BCUT2D eigenvalue weighted by Crippen LogP contribution is -2.43. The molecule has 2 atom stereocenters. The van der Waals surface area contributed by atoms with Crippen LogP contribution < -0.4 is 0 Å². The Hall–Kier alpha value is -2.14. The Morgan fingerprint density at radius 3 is 2.82 bits per heavy atom. The number of carbonyl (C=O) groups is 1. The van der Waals surface area contributed by atoms with Gasteiger partial charge >= 0.3 is 5.97 Å². The van der Waals surface area contributed by atoms with Gasteiger partial charge < -0.3 is 5.11 Å². The maximum atomic E-state index is 11.2. The summed E-state index contributed by atoms with van der Waals surface area (Å²) in [5, 5.41) is 13.6. The molecule has 0 saturated carbocycles. The normalized spacial score (nSPS) is 22.6. The third-order valence-electron chi connectivity index (χ3n) is 4.40. The van der Waals surface area contributed by atoms with Crippen LogP contribution in [0.3, 0.4) is 0 Å². The molecule has 1 aliphatic heterocycles. The van der Waals surface area contributed by atoms with Gasteiger partial charge in [0.2, 0.25) is 0 Å². The molecule has 116 valence electrons. The zero-order valence-electron chi connectivity index (χ0n) is 12.7. The van der Waals surface area contributed by atoms with E-state index in [0.717, 1.165) is 30.6 Å².